The van der Waals surface area contributed by atoms with Crippen LogP contribution in [0, 0.1) is 0 Å². The molecule has 2 aromatic heterocycles. The van der Waals surface area contributed by atoms with Crippen LogP contribution in [0.25, 0.3) is 0 Å². The SMILES string of the molecule is O=C(O)C1=C(C=CSc2cccnc2)CS[C@H]2C(NC(=O)C(=O)c3csc(NC(c4ccccc4)(c4ccccc4)c4ccccc4)n3)C(=O)N12. The number of hydrogen-bond acceptors (Lipinski definition) is 10. The highest BCUT2D eigenvalue weighted by molar-refractivity contribution is 8.02. The number of aromatic nitrogens is 2. The summed E-state index contributed by atoms with van der Waals surface area (Å²) in [5, 5.41) is 19.1. The first-order chi connectivity index (χ1) is 24.9. The van der Waals surface area contributed by atoms with E-state index in [4.69, 9.17) is 0 Å². The zero-order chi connectivity index (χ0) is 35.4. The van der Waals surface area contributed by atoms with Crippen LogP contribution in [0.1, 0.15) is 27.2 Å². The van der Waals surface area contributed by atoms with Crippen LogP contribution in [0.15, 0.2) is 149 Å². The van der Waals surface area contributed by atoms with Gasteiger partial charge < -0.3 is 15.7 Å². The average Bonchev–Trinajstić information content (AvgIpc) is 3.65. The number of carboxylic acids is 1. The highest BCUT2D eigenvalue weighted by atomic mass is 32.2. The van der Waals surface area contributed by atoms with E-state index in [2.05, 4.69) is 20.6 Å². The van der Waals surface area contributed by atoms with Crippen molar-refractivity contribution >= 4 is 63.6 Å². The van der Waals surface area contributed by atoms with Gasteiger partial charge in [0.2, 0.25) is 0 Å². The highest BCUT2D eigenvalue weighted by Gasteiger charge is 2.54. The second-order valence-corrected chi connectivity index (χ2v) is 14.4. The van der Waals surface area contributed by atoms with Gasteiger partial charge in [0.1, 0.15) is 28.3 Å². The Kier molecular flexibility index (Phi) is 9.84. The number of thiazole rings is 1. The summed E-state index contributed by atoms with van der Waals surface area (Å²) in [5.74, 6) is -3.45. The molecule has 1 saturated heterocycles. The van der Waals surface area contributed by atoms with Gasteiger partial charge in [0.15, 0.2) is 5.13 Å². The van der Waals surface area contributed by atoms with E-state index in [9.17, 15) is 24.3 Å². The molecule has 3 aromatic carbocycles. The van der Waals surface area contributed by atoms with E-state index in [0.717, 1.165) is 21.6 Å². The van der Waals surface area contributed by atoms with Gasteiger partial charge in [0.25, 0.3) is 17.6 Å². The molecule has 51 heavy (non-hydrogen) atoms. The number of amides is 2. The number of β-lactam (4-membered cyclic amide) rings is 1. The number of aliphatic carboxylic acids is 1. The lowest BCUT2D eigenvalue weighted by molar-refractivity contribution is -0.150. The molecule has 7 rings (SSSR count). The second kappa shape index (κ2) is 14.8. The van der Waals surface area contributed by atoms with E-state index >= 15 is 0 Å². The molecule has 0 saturated carbocycles. The Labute approximate surface area is 305 Å². The number of nitrogens with zero attached hydrogens (tertiary/aromatic N) is 3. The number of hydrogen-bond donors (Lipinski definition) is 3. The largest absolute Gasteiger partial charge is 0.477 e. The third-order valence-corrected chi connectivity index (χ3v) is 11.3. The summed E-state index contributed by atoms with van der Waals surface area (Å²) in [6.07, 6.45) is 5.02. The fraction of sp³-hybridized carbons (Fsp3) is 0.105. The minimum absolute atomic E-state index is 0.0762. The van der Waals surface area contributed by atoms with Gasteiger partial charge in [-0.25, -0.2) is 9.78 Å². The van der Waals surface area contributed by atoms with Crippen molar-refractivity contribution in [1.82, 2.24) is 20.2 Å². The minimum atomic E-state index is -1.25. The van der Waals surface area contributed by atoms with Crippen molar-refractivity contribution in [3.8, 4) is 0 Å². The molecule has 1 unspecified atom stereocenters. The van der Waals surface area contributed by atoms with Crippen LogP contribution in [0.5, 0.6) is 0 Å². The Hall–Kier alpha value is -5.50. The molecule has 3 N–H and O–H groups in total. The lowest BCUT2D eigenvalue weighted by atomic mass is 9.77. The number of carbonyl (C=O) groups is 4. The average molecular weight is 732 g/mol. The van der Waals surface area contributed by atoms with Crippen molar-refractivity contribution in [3.05, 3.63) is 166 Å². The molecule has 2 amide bonds. The zero-order valence-electron chi connectivity index (χ0n) is 26.7. The number of allylic oxidation sites excluding steroid dienone is 1. The number of fused-ring (bicyclic) bond motifs is 1. The summed E-state index contributed by atoms with van der Waals surface area (Å²) in [6.45, 7) is 0. The number of anilines is 1. The Morgan fingerprint density at radius 2 is 1.53 bits per heavy atom. The number of Topliss-reactive ketones (excluding diaryl/α,β-unsaturated/α-hetero) is 1. The van der Waals surface area contributed by atoms with E-state index in [1.165, 1.54) is 45.1 Å². The molecule has 2 aliphatic rings. The third-order valence-electron chi connectivity index (χ3n) is 8.45. The smallest absolute Gasteiger partial charge is 0.352 e. The van der Waals surface area contributed by atoms with Gasteiger partial charge in [-0.2, -0.15) is 0 Å². The molecule has 13 heteroatoms. The lowest BCUT2D eigenvalue weighted by Gasteiger charge is -2.49. The van der Waals surface area contributed by atoms with Gasteiger partial charge in [-0.3, -0.25) is 24.3 Å². The molecule has 5 aromatic rings. The standard InChI is InChI=1S/C38H29N5O5S3/c44-32(33(45)41-30-34(46)43-31(36(47)48)24(22-50-35(30)43)18-20-49-28-17-10-19-39-21-28)29-23-51-37(40-29)42-38(25-11-4-1-5-12-25,26-13-6-2-7-14-26)27-15-8-3-9-16-27/h1-21,23,30,35H,22H2,(H,40,42)(H,41,45)(H,47,48)/t30?,35-/m0/s1. The number of benzene rings is 3. The Morgan fingerprint density at radius 3 is 2.10 bits per heavy atom. The molecule has 254 valence electrons. The van der Waals surface area contributed by atoms with Gasteiger partial charge in [-0.1, -0.05) is 103 Å². The molecule has 10 nitrogen and oxygen atoms in total. The molecule has 2 atom stereocenters. The highest BCUT2D eigenvalue weighted by Crippen LogP contribution is 2.42. The number of rotatable bonds is 12. The molecular weight excluding hydrogens is 703 g/mol. The van der Waals surface area contributed by atoms with Gasteiger partial charge in [0.05, 0.1) is 0 Å². The maximum absolute atomic E-state index is 13.4. The maximum atomic E-state index is 13.4. The Morgan fingerprint density at radius 1 is 0.902 bits per heavy atom. The minimum Gasteiger partial charge on any atom is -0.477 e. The van der Waals surface area contributed by atoms with Crippen molar-refractivity contribution in [2.75, 3.05) is 11.1 Å². The van der Waals surface area contributed by atoms with Gasteiger partial charge in [-0.15, -0.1) is 23.1 Å². The van der Waals surface area contributed by atoms with Crippen LogP contribution in [0.4, 0.5) is 5.13 Å². The number of carboxylic acid groups (broad SMARTS) is 1. The van der Waals surface area contributed by atoms with E-state index in [0.29, 0.717) is 16.5 Å². The van der Waals surface area contributed by atoms with Crippen LogP contribution >= 0.6 is 34.9 Å². The van der Waals surface area contributed by atoms with Crippen molar-refractivity contribution < 1.29 is 24.3 Å². The fourth-order valence-corrected chi connectivity index (χ4v) is 8.82. The van der Waals surface area contributed by atoms with Crippen molar-refractivity contribution in [1.29, 1.82) is 0 Å². The topological polar surface area (TPSA) is 142 Å². The summed E-state index contributed by atoms with van der Waals surface area (Å²) >= 11 is 3.88. The van der Waals surface area contributed by atoms with Gasteiger partial charge >= 0.3 is 5.97 Å². The molecule has 1 fully saturated rings. The maximum Gasteiger partial charge on any atom is 0.352 e. The van der Waals surface area contributed by atoms with Crippen LogP contribution in [-0.4, -0.2) is 60.7 Å². The first kappa shape index (κ1) is 34.0. The Bertz CT molecular complexity index is 2050. The van der Waals surface area contributed by atoms with Crippen LogP contribution < -0.4 is 10.6 Å². The molecule has 0 radical (unpaired) electrons. The first-order valence-electron chi connectivity index (χ1n) is 15.8. The summed E-state index contributed by atoms with van der Waals surface area (Å²) in [7, 11) is 0. The van der Waals surface area contributed by atoms with E-state index in [1.54, 1.807) is 29.9 Å². The van der Waals surface area contributed by atoms with E-state index < -0.39 is 40.5 Å². The predicted octanol–water partition coefficient (Wildman–Crippen LogP) is 6.17. The van der Waals surface area contributed by atoms with Crippen LogP contribution in [-0.2, 0) is 19.9 Å². The number of pyridine rings is 1. The fourth-order valence-electron chi connectivity index (χ4n) is 6.08. The normalized spacial score (nSPS) is 17.1. The molecule has 4 heterocycles. The summed E-state index contributed by atoms with van der Waals surface area (Å²) < 4.78 is 0. The second-order valence-electron chi connectivity index (χ2n) is 11.5. The number of nitrogens with one attached hydrogen (secondary N) is 2. The van der Waals surface area contributed by atoms with Crippen molar-refractivity contribution in [2.24, 2.45) is 0 Å². The number of ketones is 1. The predicted molar refractivity (Wildman–Crippen MR) is 198 cm³/mol. The van der Waals surface area contributed by atoms with Crippen molar-refractivity contribution in [3.63, 3.8) is 0 Å². The first-order valence-corrected chi connectivity index (χ1v) is 18.6. The number of carbonyl (C=O) groups excluding carboxylic acids is 3. The molecular formula is C38H29N5O5S3. The van der Waals surface area contributed by atoms with Gasteiger partial charge in [0, 0.05) is 28.4 Å². The quantitative estimate of drug-likeness (QED) is 0.0449. The molecule has 2 aliphatic heterocycles. The zero-order valence-corrected chi connectivity index (χ0v) is 29.2. The van der Waals surface area contributed by atoms with Crippen molar-refractivity contribution in [2.45, 2.75) is 21.9 Å². The van der Waals surface area contributed by atoms with E-state index in [1.807, 2.05) is 97.1 Å². The van der Waals surface area contributed by atoms with E-state index in [-0.39, 0.29) is 11.4 Å². The number of thioether (sulfide) groups is 2. The summed E-state index contributed by atoms with van der Waals surface area (Å²) in [6, 6.07) is 32.3. The lowest BCUT2D eigenvalue weighted by Crippen LogP contribution is -2.71. The molecule has 0 spiro atoms. The molecule has 0 bridgehead atoms. The Balaban J connectivity index is 1.08. The van der Waals surface area contributed by atoms with Crippen LogP contribution in [0.2, 0.25) is 0 Å². The monoisotopic (exact) mass is 731 g/mol. The summed E-state index contributed by atoms with van der Waals surface area (Å²) in [4.78, 5) is 62.8. The molecule has 0 aliphatic carbocycles. The van der Waals surface area contributed by atoms with Gasteiger partial charge in [-0.05, 0) is 45.9 Å². The summed E-state index contributed by atoms with van der Waals surface area (Å²) in [5.41, 5.74) is 2.20. The van der Waals surface area contributed by atoms with Crippen LogP contribution in [0.3, 0.4) is 0 Å². The third kappa shape index (κ3) is 6.70.